The van der Waals surface area contributed by atoms with E-state index in [2.05, 4.69) is 15.6 Å². The van der Waals surface area contributed by atoms with E-state index in [-0.39, 0.29) is 0 Å². The summed E-state index contributed by atoms with van der Waals surface area (Å²) in [5.74, 6) is -1.38. The van der Waals surface area contributed by atoms with E-state index in [9.17, 15) is 9.59 Å². The summed E-state index contributed by atoms with van der Waals surface area (Å²) in [5, 5.41) is 6.69. The van der Waals surface area contributed by atoms with Crippen molar-refractivity contribution in [3.63, 3.8) is 0 Å². The van der Waals surface area contributed by atoms with Gasteiger partial charge >= 0.3 is 11.8 Å². The van der Waals surface area contributed by atoms with Crippen LogP contribution in [0.1, 0.15) is 10.6 Å². The van der Waals surface area contributed by atoms with Gasteiger partial charge in [0.25, 0.3) is 0 Å². The number of benzene rings is 2. The minimum absolute atomic E-state index is 0.365. The third-order valence-corrected chi connectivity index (χ3v) is 5.38. The number of nitrogens with one attached hydrogen (secondary N) is 2. The zero-order valence-corrected chi connectivity index (χ0v) is 16.2. The van der Waals surface area contributed by atoms with Crippen molar-refractivity contribution in [3.05, 3.63) is 70.2 Å². The number of thiazole rings is 1. The smallest absolute Gasteiger partial charge is 0.313 e. The van der Waals surface area contributed by atoms with Gasteiger partial charge in [-0.25, -0.2) is 4.98 Å². The lowest BCUT2D eigenvalue weighted by atomic mass is 10.2. The Morgan fingerprint density at radius 1 is 1.04 bits per heavy atom. The molecule has 7 heteroatoms. The highest BCUT2D eigenvalue weighted by Gasteiger charge is 2.14. The molecule has 0 aliphatic heterocycles. The normalized spacial score (nSPS) is 10.4. The molecular weight excluding hydrogens is 382 g/mol. The van der Waals surface area contributed by atoms with Crippen LogP contribution in [0.2, 0.25) is 5.02 Å². The first-order valence-electron chi connectivity index (χ1n) is 8.39. The van der Waals surface area contributed by atoms with Gasteiger partial charge in [0.1, 0.15) is 5.01 Å². The Morgan fingerprint density at radius 3 is 2.44 bits per heavy atom. The molecule has 0 radical (unpaired) electrons. The fourth-order valence-corrected chi connectivity index (χ4v) is 3.65. The molecule has 2 amide bonds. The monoisotopic (exact) mass is 399 g/mol. The molecule has 2 aromatic carbocycles. The molecule has 1 heterocycles. The number of rotatable bonds is 5. The lowest BCUT2D eigenvalue weighted by Gasteiger charge is -2.06. The Kier molecular flexibility index (Phi) is 6.21. The molecule has 0 aliphatic carbocycles. The number of hydrogen-bond acceptors (Lipinski definition) is 4. The van der Waals surface area contributed by atoms with Gasteiger partial charge in [0.15, 0.2) is 0 Å². The van der Waals surface area contributed by atoms with Crippen molar-refractivity contribution >= 4 is 40.4 Å². The van der Waals surface area contributed by atoms with E-state index in [0.717, 1.165) is 21.1 Å². The third kappa shape index (κ3) is 5.15. The third-order valence-electron chi connectivity index (χ3n) is 3.86. The number of halogens is 1. The van der Waals surface area contributed by atoms with E-state index in [1.807, 2.05) is 37.3 Å². The lowest BCUT2D eigenvalue weighted by molar-refractivity contribution is -0.136. The Bertz CT molecular complexity index is 940. The van der Waals surface area contributed by atoms with Crippen LogP contribution in [0, 0.1) is 6.92 Å². The van der Waals surface area contributed by atoms with E-state index in [1.165, 1.54) is 0 Å². The maximum atomic E-state index is 12.0. The molecular formula is C20H18ClN3O2S. The largest absolute Gasteiger partial charge is 0.347 e. The molecule has 3 rings (SSSR count). The highest BCUT2D eigenvalue weighted by atomic mass is 35.5. The van der Waals surface area contributed by atoms with Crippen molar-refractivity contribution in [3.8, 4) is 10.6 Å². The van der Waals surface area contributed by atoms with Gasteiger partial charge < -0.3 is 10.6 Å². The van der Waals surface area contributed by atoms with Crippen molar-refractivity contribution < 1.29 is 9.59 Å². The highest BCUT2D eigenvalue weighted by Crippen LogP contribution is 2.27. The topological polar surface area (TPSA) is 71.1 Å². The average Bonchev–Trinajstić information content (AvgIpc) is 3.05. The standard InChI is InChI=1S/C20H18ClN3O2S/c1-13-17(27-20(23-13)14-5-3-2-4-6-14)11-12-22-18(25)19(26)24-16-9-7-15(21)8-10-16/h2-10H,11-12H2,1H3,(H,22,25)(H,24,26). The van der Waals surface area contributed by atoms with E-state index < -0.39 is 11.8 Å². The summed E-state index contributed by atoms with van der Waals surface area (Å²) < 4.78 is 0. The Morgan fingerprint density at radius 2 is 1.74 bits per heavy atom. The molecule has 0 saturated carbocycles. The van der Waals surface area contributed by atoms with Crippen LogP contribution < -0.4 is 10.6 Å². The van der Waals surface area contributed by atoms with E-state index in [1.54, 1.807) is 35.6 Å². The molecule has 138 valence electrons. The molecule has 3 aromatic rings. The van der Waals surface area contributed by atoms with Gasteiger partial charge in [-0.3, -0.25) is 9.59 Å². The van der Waals surface area contributed by atoms with Crippen LogP contribution in [0.4, 0.5) is 5.69 Å². The zero-order valence-electron chi connectivity index (χ0n) is 14.7. The zero-order chi connectivity index (χ0) is 19.2. The van der Waals surface area contributed by atoms with Gasteiger partial charge in [-0.05, 0) is 31.2 Å². The predicted octanol–water partition coefficient (Wildman–Crippen LogP) is 4.07. The number of nitrogens with zero attached hydrogens (tertiary/aromatic N) is 1. The number of carbonyl (C=O) groups excluding carboxylic acids is 2. The Balaban J connectivity index is 1.52. The van der Waals surface area contributed by atoms with Gasteiger partial charge in [-0.1, -0.05) is 41.9 Å². The van der Waals surface area contributed by atoms with Crippen molar-refractivity contribution in [2.45, 2.75) is 13.3 Å². The molecule has 0 bridgehead atoms. The maximum Gasteiger partial charge on any atom is 0.313 e. The first kappa shape index (κ1) is 19.1. The average molecular weight is 400 g/mol. The Hall–Kier alpha value is -2.70. The number of anilines is 1. The summed E-state index contributed by atoms with van der Waals surface area (Å²) in [5.41, 5.74) is 2.53. The van der Waals surface area contributed by atoms with Crippen LogP contribution in [0.5, 0.6) is 0 Å². The highest BCUT2D eigenvalue weighted by molar-refractivity contribution is 7.15. The number of aryl methyl sites for hydroxylation is 1. The minimum Gasteiger partial charge on any atom is -0.347 e. The van der Waals surface area contributed by atoms with Gasteiger partial charge in [0.2, 0.25) is 0 Å². The molecule has 0 atom stereocenters. The van der Waals surface area contributed by atoms with Crippen LogP contribution in [0.25, 0.3) is 10.6 Å². The second kappa shape index (κ2) is 8.79. The summed E-state index contributed by atoms with van der Waals surface area (Å²) in [6.45, 7) is 2.32. The van der Waals surface area contributed by atoms with E-state index in [4.69, 9.17) is 11.6 Å². The molecule has 1 aromatic heterocycles. The number of carbonyl (C=O) groups is 2. The lowest BCUT2D eigenvalue weighted by Crippen LogP contribution is -2.36. The SMILES string of the molecule is Cc1nc(-c2ccccc2)sc1CCNC(=O)C(=O)Nc1ccc(Cl)cc1. The van der Waals surface area contributed by atoms with E-state index >= 15 is 0 Å². The molecule has 0 saturated heterocycles. The minimum atomic E-state index is -0.705. The van der Waals surface area contributed by atoms with Crippen molar-refractivity contribution in [1.29, 1.82) is 0 Å². The maximum absolute atomic E-state index is 12.0. The second-order valence-electron chi connectivity index (χ2n) is 5.86. The van der Waals surface area contributed by atoms with E-state index in [0.29, 0.717) is 23.7 Å². The van der Waals surface area contributed by atoms with Crippen LogP contribution in [-0.4, -0.2) is 23.3 Å². The fraction of sp³-hybridized carbons (Fsp3) is 0.150. The summed E-state index contributed by atoms with van der Waals surface area (Å²) in [6.07, 6.45) is 0.621. The quantitative estimate of drug-likeness (QED) is 0.635. The Labute approximate surface area is 166 Å². The second-order valence-corrected chi connectivity index (χ2v) is 7.38. The van der Waals surface area contributed by atoms with Crippen LogP contribution in [0.3, 0.4) is 0 Å². The van der Waals surface area contributed by atoms with Crippen LogP contribution in [0.15, 0.2) is 54.6 Å². The summed E-state index contributed by atoms with van der Waals surface area (Å²) in [6, 6.07) is 16.5. The number of amides is 2. The van der Waals surface area contributed by atoms with Crippen molar-refractivity contribution in [1.82, 2.24) is 10.3 Å². The molecule has 0 aliphatic rings. The summed E-state index contributed by atoms with van der Waals surface area (Å²) in [4.78, 5) is 29.6. The first-order valence-corrected chi connectivity index (χ1v) is 9.59. The first-order chi connectivity index (χ1) is 13.0. The van der Waals surface area contributed by atoms with Crippen molar-refractivity contribution in [2.24, 2.45) is 0 Å². The molecule has 2 N–H and O–H groups in total. The van der Waals surface area contributed by atoms with Gasteiger partial charge in [-0.2, -0.15) is 0 Å². The molecule has 0 spiro atoms. The van der Waals surface area contributed by atoms with Crippen molar-refractivity contribution in [2.75, 3.05) is 11.9 Å². The van der Waals surface area contributed by atoms with Gasteiger partial charge in [0, 0.05) is 34.1 Å². The summed E-state index contributed by atoms with van der Waals surface area (Å²) in [7, 11) is 0. The molecule has 0 fully saturated rings. The molecule has 0 unspecified atom stereocenters. The molecule has 27 heavy (non-hydrogen) atoms. The van der Waals surface area contributed by atoms with Crippen LogP contribution in [-0.2, 0) is 16.0 Å². The predicted molar refractivity (Wildman–Crippen MR) is 109 cm³/mol. The van der Waals surface area contributed by atoms with Gasteiger partial charge in [0.05, 0.1) is 5.69 Å². The number of hydrogen-bond donors (Lipinski definition) is 2. The fourth-order valence-electron chi connectivity index (χ4n) is 2.46. The summed E-state index contributed by atoms with van der Waals surface area (Å²) >= 11 is 7.40. The number of aromatic nitrogens is 1. The molecule has 5 nitrogen and oxygen atoms in total. The van der Waals surface area contributed by atoms with Gasteiger partial charge in [-0.15, -0.1) is 11.3 Å². The van der Waals surface area contributed by atoms with Crippen LogP contribution >= 0.6 is 22.9 Å².